The van der Waals surface area contributed by atoms with Gasteiger partial charge in [-0.3, -0.25) is 14.3 Å². The number of carbonyl (C=O) groups excluding carboxylic acids is 2. The van der Waals surface area contributed by atoms with Gasteiger partial charge < -0.3 is 4.90 Å². The Morgan fingerprint density at radius 2 is 1.54 bits per heavy atom. The van der Waals surface area contributed by atoms with Gasteiger partial charge in [-0.25, -0.2) is 8.42 Å². The first-order chi connectivity index (χ1) is 13.3. The summed E-state index contributed by atoms with van der Waals surface area (Å²) >= 11 is 0. The number of Topliss-reactive ketones (excluding diaryl/α,β-unsaturated/α-hetero) is 1. The number of rotatable bonds is 5. The Morgan fingerprint density at radius 3 is 2.07 bits per heavy atom. The zero-order chi connectivity index (χ0) is 20.3. The van der Waals surface area contributed by atoms with Crippen molar-refractivity contribution in [2.45, 2.75) is 31.6 Å². The van der Waals surface area contributed by atoms with Crippen LogP contribution in [0.15, 0.2) is 53.4 Å². The summed E-state index contributed by atoms with van der Waals surface area (Å²) in [6, 6.07) is 13.1. The molecule has 1 fully saturated rings. The summed E-state index contributed by atoms with van der Waals surface area (Å²) in [5.41, 5.74) is 1.94. The molecule has 7 heteroatoms. The maximum atomic E-state index is 12.7. The molecule has 0 aromatic heterocycles. The van der Waals surface area contributed by atoms with Crippen molar-refractivity contribution in [3.8, 4) is 0 Å². The Hall–Kier alpha value is -2.67. The fraction of sp³-hybridized carbons (Fsp3) is 0.333. The van der Waals surface area contributed by atoms with Crippen LogP contribution in [0.4, 0.5) is 5.69 Å². The molecule has 6 nitrogen and oxygen atoms in total. The van der Waals surface area contributed by atoms with Crippen LogP contribution in [0.25, 0.3) is 0 Å². The molecule has 1 N–H and O–H groups in total. The van der Waals surface area contributed by atoms with Crippen molar-refractivity contribution in [3.63, 3.8) is 0 Å². The van der Waals surface area contributed by atoms with E-state index in [0.29, 0.717) is 37.2 Å². The van der Waals surface area contributed by atoms with Gasteiger partial charge in [0.2, 0.25) is 5.91 Å². The van der Waals surface area contributed by atoms with Gasteiger partial charge >= 0.3 is 0 Å². The van der Waals surface area contributed by atoms with Crippen molar-refractivity contribution < 1.29 is 18.0 Å². The molecule has 1 saturated heterocycles. The third-order valence-electron chi connectivity index (χ3n) is 5.06. The molecule has 0 unspecified atom stereocenters. The van der Waals surface area contributed by atoms with Gasteiger partial charge in [-0.1, -0.05) is 17.7 Å². The van der Waals surface area contributed by atoms with Gasteiger partial charge in [0.05, 0.1) is 4.90 Å². The fourth-order valence-corrected chi connectivity index (χ4v) is 4.38. The number of sulfonamides is 1. The average molecular weight is 401 g/mol. The topological polar surface area (TPSA) is 83.6 Å². The van der Waals surface area contributed by atoms with E-state index in [1.807, 2.05) is 6.92 Å². The van der Waals surface area contributed by atoms with Crippen LogP contribution in [0, 0.1) is 12.8 Å². The van der Waals surface area contributed by atoms with Crippen molar-refractivity contribution in [1.82, 2.24) is 4.90 Å². The lowest BCUT2D eigenvalue weighted by Gasteiger charge is -2.30. The number of amides is 1. The predicted octanol–water partition coefficient (Wildman–Crippen LogP) is 3.24. The zero-order valence-electron chi connectivity index (χ0n) is 16.0. The molecule has 1 aliphatic rings. The molecule has 0 bridgehead atoms. The lowest BCUT2D eigenvalue weighted by atomic mass is 9.89. The monoisotopic (exact) mass is 400 g/mol. The van der Waals surface area contributed by atoms with Crippen LogP contribution < -0.4 is 4.72 Å². The maximum absolute atomic E-state index is 12.7. The second kappa shape index (κ2) is 8.14. The second-order valence-electron chi connectivity index (χ2n) is 7.14. The summed E-state index contributed by atoms with van der Waals surface area (Å²) in [6.07, 6.45) is 1.31. The Kier molecular flexibility index (Phi) is 5.84. The number of ketones is 1. The summed E-state index contributed by atoms with van der Waals surface area (Å²) in [7, 11) is -3.67. The first-order valence-electron chi connectivity index (χ1n) is 9.25. The average Bonchev–Trinajstić information content (AvgIpc) is 2.68. The molecule has 28 heavy (non-hydrogen) atoms. The van der Waals surface area contributed by atoms with E-state index in [2.05, 4.69) is 4.72 Å². The normalized spacial score (nSPS) is 15.3. The standard InChI is InChI=1S/C21H24N2O4S/c1-15-3-9-20(10-4-15)28(26,27)22-19-7-5-17(6-8-19)21(25)18-11-13-23(14-12-18)16(2)24/h3-10,18,22H,11-14H2,1-2H3. The van der Waals surface area contributed by atoms with Crippen LogP contribution in [-0.2, 0) is 14.8 Å². The van der Waals surface area contributed by atoms with Crippen molar-refractivity contribution >= 4 is 27.4 Å². The Bertz CT molecular complexity index is 958. The van der Waals surface area contributed by atoms with Crippen LogP contribution in [-0.4, -0.2) is 38.1 Å². The van der Waals surface area contributed by atoms with Gasteiger partial charge in [0.15, 0.2) is 5.78 Å². The predicted molar refractivity (Wildman–Crippen MR) is 108 cm³/mol. The molecular formula is C21H24N2O4S. The highest BCUT2D eigenvalue weighted by molar-refractivity contribution is 7.92. The van der Waals surface area contributed by atoms with Gasteiger partial charge in [-0.05, 0) is 56.2 Å². The van der Waals surface area contributed by atoms with E-state index in [-0.39, 0.29) is 22.5 Å². The van der Waals surface area contributed by atoms with Gasteiger partial charge in [0.1, 0.15) is 0 Å². The number of nitrogens with zero attached hydrogens (tertiary/aromatic N) is 1. The number of benzene rings is 2. The van der Waals surface area contributed by atoms with Gasteiger partial charge in [0.25, 0.3) is 10.0 Å². The number of nitrogens with one attached hydrogen (secondary N) is 1. The highest BCUT2D eigenvalue weighted by Crippen LogP contribution is 2.23. The number of anilines is 1. The van der Waals surface area contributed by atoms with Crippen LogP contribution in [0.5, 0.6) is 0 Å². The van der Waals surface area contributed by atoms with Gasteiger partial charge in [-0.2, -0.15) is 0 Å². The van der Waals surface area contributed by atoms with Crippen molar-refractivity contribution in [2.75, 3.05) is 17.8 Å². The molecule has 1 amide bonds. The third-order valence-corrected chi connectivity index (χ3v) is 6.46. The Balaban J connectivity index is 1.65. The van der Waals surface area contributed by atoms with Crippen molar-refractivity contribution in [1.29, 1.82) is 0 Å². The molecule has 1 aliphatic heterocycles. The molecule has 1 heterocycles. The number of aryl methyl sites for hydroxylation is 1. The zero-order valence-corrected chi connectivity index (χ0v) is 16.8. The molecule has 148 valence electrons. The lowest BCUT2D eigenvalue weighted by molar-refractivity contribution is -0.130. The first-order valence-corrected chi connectivity index (χ1v) is 10.7. The summed E-state index contributed by atoms with van der Waals surface area (Å²) in [5.74, 6) is -0.0297. The molecule has 0 aliphatic carbocycles. The Morgan fingerprint density at radius 1 is 0.964 bits per heavy atom. The molecule has 2 aromatic carbocycles. The largest absolute Gasteiger partial charge is 0.343 e. The summed E-state index contributed by atoms with van der Waals surface area (Å²) in [5, 5.41) is 0. The van der Waals surface area contributed by atoms with E-state index in [1.54, 1.807) is 60.4 Å². The molecule has 0 radical (unpaired) electrons. The molecule has 3 rings (SSSR count). The molecule has 2 aromatic rings. The van der Waals surface area contributed by atoms with Crippen LogP contribution in [0.1, 0.15) is 35.7 Å². The van der Waals surface area contributed by atoms with Crippen molar-refractivity contribution in [2.24, 2.45) is 5.92 Å². The number of hydrogen-bond donors (Lipinski definition) is 1. The van der Waals surface area contributed by atoms with Crippen molar-refractivity contribution in [3.05, 3.63) is 59.7 Å². The molecular weight excluding hydrogens is 376 g/mol. The van der Waals surface area contributed by atoms with Gasteiger partial charge in [-0.15, -0.1) is 0 Å². The second-order valence-corrected chi connectivity index (χ2v) is 8.82. The SMILES string of the molecule is CC(=O)N1CCC(C(=O)c2ccc(NS(=O)(=O)c3ccc(C)cc3)cc2)CC1. The van der Waals surface area contributed by atoms with E-state index in [9.17, 15) is 18.0 Å². The van der Waals surface area contributed by atoms with E-state index >= 15 is 0 Å². The molecule has 0 saturated carbocycles. The minimum absolute atomic E-state index is 0.0381. The highest BCUT2D eigenvalue weighted by Gasteiger charge is 2.26. The van der Waals surface area contributed by atoms with Crippen LogP contribution in [0.3, 0.4) is 0 Å². The maximum Gasteiger partial charge on any atom is 0.261 e. The first kappa shape index (κ1) is 20.1. The van der Waals surface area contributed by atoms with E-state index in [0.717, 1.165) is 5.56 Å². The number of hydrogen-bond acceptors (Lipinski definition) is 4. The van der Waals surface area contributed by atoms with Crippen LogP contribution >= 0.6 is 0 Å². The van der Waals surface area contributed by atoms with E-state index in [1.165, 1.54) is 0 Å². The summed E-state index contributed by atoms with van der Waals surface area (Å²) in [6.45, 7) is 4.63. The smallest absolute Gasteiger partial charge is 0.261 e. The molecule has 0 atom stereocenters. The fourth-order valence-electron chi connectivity index (χ4n) is 3.33. The molecule has 0 spiro atoms. The minimum Gasteiger partial charge on any atom is -0.343 e. The third kappa shape index (κ3) is 4.59. The van der Waals surface area contributed by atoms with Gasteiger partial charge in [0, 0.05) is 37.2 Å². The quantitative estimate of drug-likeness (QED) is 0.781. The van der Waals surface area contributed by atoms with Crippen LogP contribution in [0.2, 0.25) is 0 Å². The van der Waals surface area contributed by atoms with E-state index < -0.39 is 10.0 Å². The van der Waals surface area contributed by atoms with E-state index in [4.69, 9.17) is 0 Å². The number of carbonyl (C=O) groups is 2. The minimum atomic E-state index is -3.67. The Labute approximate surface area is 165 Å². The summed E-state index contributed by atoms with van der Waals surface area (Å²) < 4.78 is 27.4. The lowest BCUT2D eigenvalue weighted by Crippen LogP contribution is -2.39. The highest BCUT2D eigenvalue weighted by atomic mass is 32.2. The number of likely N-dealkylation sites (tertiary alicyclic amines) is 1. The number of piperidine rings is 1. The summed E-state index contributed by atoms with van der Waals surface area (Å²) in [4.78, 5) is 26.0.